The highest BCUT2D eigenvalue weighted by molar-refractivity contribution is 7.91. The molecule has 0 aliphatic carbocycles. The lowest BCUT2D eigenvalue weighted by Gasteiger charge is -2.15. The zero-order chi connectivity index (χ0) is 23.3. The molecular weight excluding hydrogens is 475 g/mol. The fourth-order valence-corrected chi connectivity index (χ4v) is 5.37. The van der Waals surface area contributed by atoms with Crippen molar-refractivity contribution >= 4 is 50.3 Å². The standard InChI is InChI=1S/C22H20Cl2N2O5S/c1-30-14-8-10-17(19(12-14)31-2)26-20(27)13-25-18-11-9-16(23)22(21(18)24)32(28,29)15-6-4-3-5-7-15/h3-12,25H,13H2,1-2H3,(H,26,27). The molecule has 0 aromatic heterocycles. The first kappa shape index (κ1) is 23.7. The second-order valence-electron chi connectivity index (χ2n) is 6.52. The minimum atomic E-state index is -3.96. The summed E-state index contributed by atoms with van der Waals surface area (Å²) < 4.78 is 36.5. The fraction of sp³-hybridized carbons (Fsp3) is 0.136. The number of halogens is 2. The van der Waals surface area contributed by atoms with Gasteiger partial charge in [0.25, 0.3) is 0 Å². The summed E-state index contributed by atoms with van der Waals surface area (Å²) in [5.74, 6) is 0.614. The van der Waals surface area contributed by atoms with Gasteiger partial charge in [0.05, 0.1) is 47.1 Å². The van der Waals surface area contributed by atoms with E-state index in [9.17, 15) is 13.2 Å². The summed E-state index contributed by atoms with van der Waals surface area (Å²) in [5, 5.41) is 5.45. The summed E-state index contributed by atoms with van der Waals surface area (Å²) in [7, 11) is -0.955. The van der Waals surface area contributed by atoms with Gasteiger partial charge < -0.3 is 20.1 Å². The molecule has 0 bridgehead atoms. The number of hydrogen-bond acceptors (Lipinski definition) is 6. The molecule has 0 saturated heterocycles. The van der Waals surface area contributed by atoms with Gasteiger partial charge in [-0.05, 0) is 36.4 Å². The fourth-order valence-electron chi connectivity index (χ4n) is 2.90. The van der Waals surface area contributed by atoms with Crippen LogP contribution in [0.5, 0.6) is 11.5 Å². The lowest BCUT2D eigenvalue weighted by molar-refractivity contribution is -0.114. The number of methoxy groups -OCH3 is 2. The average Bonchev–Trinajstić information content (AvgIpc) is 2.79. The summed E-state index contributed by atoms with van der Waals surface area (Å²) in [6, 6.07) is 15.7. The van der Waals surface area contributed by atoms with Crippen molar-refractivity contribution < 1.29 is 22.7 Å². The van der Waals surface area contributed by atoms with E-state index in [-0.39, 0.29) is 32.1 Å². The maximum Gasteiger partial charge on any atom is 0.243 e. The molecular formula is C22H20Cl2N2O5S. The molecule has 32 heavy (non-hydrogen) atoms. The minimum Gasteiger partial charge on any atom is -0.497 e. The summed E-state index contributed by atoms with van der Waals surface area (Å²) in [6.07, 6.45) is 0. The number of carbonyl (C=O) groups is 1. The van der Waals surface area contributed by atoms with E-state index in [4.69, 9.17) is 32.7 Å². The van der Waals surface area contributed by atoms with Gasteiger partial charge in [-0.15, -0.1) is 0 Å². The highest BCUT2D eigenvalue weighted by atomic mass is 35.5. The Labute approximate surface area is 196 Å². The Balaban J connectivity index is 1.79. The second kappa shape index (κ2) is 10.1. The van der Waals surface area contributed by atoms with Crippen LogP contribution in [0.25, 0.3) is 0 Å². The molecule has 10 heteroatoms. The summed E-state index contributed by atoms with van der Waals surface area (Å²) in [6.45, 7) is -0.179. The molecule has 2 N–H and O–H groups in total. The molecule has 0 heterocycles. The van der Waals surface area contributed by atoms with E-state index in [2.05, 4.69) is 10.6 Å². The Hall–Kier alpha value is -2.94. The van der Waals surface area contributed by atoms with Crippen LogP contribution in [0, 0.1) is 0 Å². The van der Waals surface area contributed by atoms with Gasteiger partial charge in [-0.1, -0.05) is 41.4 Å². The van der Waals surface area contributed by atoms with Crippen molar-refractivity contribution in [3.05, 3.63) is 70.7 Å². The quantitative estimate of drug-likeness (QED) is 0.462. The van der Waals surface area contributed by atoms with Gasteiger partial charge in [0.1, 0.15) is 16.4 Å². The van der Waals surface area contributed by atoms with Crippen LogP contribution in [0.4, 0.5) is 11.4 Å². The Kier molecular flexibility index (Phi) is 7.50. The molecule has 3 aromatic rings. The molecule has 0 atom stereocenters. The predicted octanol–water partition coefficient (Wildman–Crippen LogP) is 4.89. The zero-order valence-corrected chi connectivity index (χ0v) is 19.5. The molecule has 3 aromatic carbocycles. The van der Waals surface area contributed by atoms with Gasteiger partial charge in [-0.25, -0.2) is 8.42 Å². The summed E-state index contributed by atoms with van der Waals surface area (Å²) >= 11 is 12.6. The van der Waals surface area contributed by atoms with Crippen LogP contribution >= 0.6 is 23.2 Å². The number of sulfone groups is 1. The van der Waals surface area contributed by atoms with E-state index < -0.39 is 15.7 Å². The normalized spacial score (nSPS) is 11.0. The number of nitrogens with one attached hydrogen (secondary N) is 2. The molecule has 0 aliphatic rings. The smallest absolute Gasteiger partial charge is 0.243 e. The molecule has 0 saturated carbocycles. The van der Waals surface area contributed by atoms with Crippen LogP contribution < -0.4 is 20.1 Å². The highest BCUT2D eigenvalue weighted by Gasteiger charge is 2.26. The first-order valence-corrected chi connectivity index (χ1v) is 11.6. The number of carbonyl (C=O) groups excluding carboxylic acids is 1. The van der Waals surface area contributed by atoms with Gasteiger partial charge in [0.2, 0.25) is 15.7 Å². The van der Waals surface area contributed by atoms with Crippen LogP contribution in [-0.2, 0) is 14.6 Å². The Bertz CT molecular complexity index is 1230. The first-order valence-electron chi connectivity index (χ1n) is 9.31. The van der Waals surface area contributed by atoms with Gasteiger partial charge >= 0.3 is 0 Å². The zero-order valence-electron chi connectivity index (χ0n) is 17.2. The van der Waals surface area contributed by atoms with E-state index in [0.29, 0.717) is 17.2 Å². The van der Waals surface area contributed by atoms with Crippen LogP contribution in [0.15, 0.2) is 70.5 Å². The van der Waals surface area contributed by atoms with Crippen molar-refractivity contribution in [3.63, 3.8) is 0 Å². The van der Waals surface area contributed by atoms with Crippen molar-refractivity contribution in [2.45, 2.75) is 9.79 Å². The number of rotatable bonds is 8. The van der Waals surface area contributed by atoms with Crippen molar-refractivity contribution in [1.29, 1.82) is 0 Å². The summed E-state index contributed by atoms with van der Waals surface area (Å²) in [5.41, 5.74) is 0.706. The maximum atomic E-state index is 13.0. The molecule has 168 valence electrons. The average molecular weight is 495 g/mol. The van der Waals surface area contributed by atoms with Gasteiger partial charge in [0.15, 0.2) is 0 Å². The monoisotopic (exact) mass is 494 g/mol. The summed E-state index contributed by atoms with van der Waals surface area (Å²) in [4.78, 5) is 12.3. The molecule has 0 spiro atoms. The maximum absolute atomic E-state index is 13.0. The van der Waals surface area contributed by atoms with E-state index in [1.807, 2.05) is 0 Å². The number of anilines is 2. The third kappa shape index (κ3) is 5.09. The SMILES string of the molecule is COc1ccc(NC(=O)CNc2ccc(Cl)c(S(=O)(=O)c3ccccc3)c2Cl)c(OC)c1. The third-order valence-electron chi connectivity index (χ3n) is 4.49. The molecule has 0 aliphatic heterocycles. The van der Waals surface area contributed by atoms with Gasteiger partial charge in [0, 0.05) is 6.07 Å². The van der Waals surface area contributed by atoms with Crippen molar-refractivity contribution in [1.82, 2.24) is 0 Å². The Morgan fingerprint density at radius 3 is 2.28 bits per heavy atom. The van der Waals surface area contributed by atoms with Crippen molar-refractivity contribution in [2.75, 3.05) is 31.4 Å². The molecule has 7 nitrogen and oxygen atoms in total. The largest absolute Gasteiger partial charge is 0.497 e. The molecule has 0 unspecified atom stereocenters. The van der Waals surface area contributed by atoms with Crippen LogP contribution in [0.1, 0.15) is 0 Å². The van der Waals surface area contributed by atoms with E-state index >= 15 is 0 Å². The number of ether oxygens (including phenoxy) is 2. The van der Waals surface area contributed by atoms with Crippen LogP contribution in [0.2, 0.25) is 10.0 Å². The van der Waals surface area contributed by atoms with Crippen LogP contribution in [-0.4, -0.2) is 35.1 Å². The predicted molar refractivity (Wildman–Crippen MR) is 125 cm³/mol. The van der Waals surface area contributed by atoms with Crippen LogP contribution in [0.3, 0.4) is 0 Å². The van der Waals surface area contributed by atoms with Gasteiger partial charge in [-0.3, -0.25) is 4.79 Å². The van der Waals surface area contributed by atoms with Crippen molar-refractivity contribution in [2.24, 2.45) is 0 Å². The Morgan fingerprint density at radius 1 is 0.938 bits per heavy atom. The van der Waals surface area contributed by atoms with E-state index in [0.717, 1.165) is 0 Å². The topological polar surface area (TPSA) is 93.7 Å². The van der Waals surface area contributed by atoms with Crippen molar-refractivity contribution in [3.8, 4) is 11.5 Å². The first-order chi connectivity index (χ1) is 15.3. The number of hydrogen-bond donors (Lipinski definition) is 2. The molecule has 1 amide bonds. The van der Waals surface area contributed by atoms with E-state index in [1.54, 1.807) is 36.4 Å². The highest BCUT2D eigenvalue weighted by Crippen LogP contribution is 2.38. The van der Waals surface area contributed by atoms with Gasteiger partial charge in [-0.2, -0.15) is 0 Å². The lowest BCUT2D eigenvalue weighted by atomic mass is 10.2. The third-order valence-corrected chi connectivity index (χ3v) is 7.28. The lowest BCUT2D eigenvalue weighted by Crippen LogP contribution is -2.22. The minimum absolute atomic E-state index is 0.0168. The number of benzene rings is 3. The van der Waals surface area contributed by atoms with E-state index in [1.165, 1.54) is 38.5 Å². The molecule has 0 radical (unpaired) electrons. The second-order valence-corrected chi connectivity index (χ2v) is 9.19. The Morgan fingerprint density at radius 2 is 1.62 bits per heavy atom. The molecule has 0 fully saturated rings. The molecule has 3 rings (SSSR count). The number of amides is 1.